The number of allylic oxidation sites excluding steroid dienone is 3. The monoisotopic (exact) mass is 375 g/mol. The lowest BCUT2D eigenvalue weighted by molar-refractivity contribution is -0.253. The lowest BCUT2D eigenvalue weighted by atomic mass is 10.2. The summed E-state index contributed by atoms with van der Waals surface area (Å²) in [4.78, 5) is 19.4. The Morgan fingerprint density at radius 1 is 1.48 bits per heavy atom. The number of rotatable bonds is 10. The van der Waals surface area contributed by atoms with Gasteiger partial charge >= 0.3 is 0 Å². The van der Waals surface area contributed by atoms with Gasteiger partial charge in [-0.05, 0) is 38.7 Å². The molecule has 1 aliphatic rings. The highest BCUT2D eigenvalue weighted by atomic mass is 16.8. The smallest absolute Gasteiger partial charge is 0.207 e. The van der Waals surface area contributed by atoms with Crippen LogP contribution in [0, 0.1) is 0 Å². The van der Waals surface area contributed by atoms with Crippen molar-refractivity contribution < 1.29 is 9.73 Å². The third-order valence-corrected chi connectivity index (χ3v) is 4.09. The van der Waals surface area contributed by atoms with Crippen molar-refractivity contribution in [2.75, 3.05) is 19.6 Å². The zero-order valence-corrected chi connectivity index (χ0v) is 16.5. The molecule has 7 nitrogen and oxygen atoms in total. The lowest BCUT2D eigenvalue weighted by Crippen LogP contribution is -2.45. The second kappa shape index (κ2) is 14.9. The van der Waals surface area contributed by atoms with Crippen molar-refractivity contribution in [3.05, 3.63) is 55.2 Å². The number of amides is 1. The molecule has 1 aromatic rings. The first-order chi connectivity index (χ1) is 13.2. The number of hydrogen-bond acceptors (Lipinski definition) is 5. The van der Waals surface area contributed by atoms with Gasteiger partial charge in [0, 0.05) is 44.6 Å². The molecule has 1 saturated heterocycles. The van der Waals surface area contributed by atoms with E-state index in [9.17, 15) is 4.79 Å². The van der Waals surface area contributed by atoms with E-state index in [1.807, 2.05) is 55.0 Å². The van der Waals surface area contributed by atoms with Crippen molar-refractivity contribution in [3.8, 4) is 0 Å². The summed E-state index contributed by atoms with van der Waals surface area (Å²) in [5, 5.41) is 4.61. The zero-order chi connectivity index (χ0) is 19.7. The van der Waals surface area contributed by atoms with Gasteiger partial charge in [-0.15, -0.1) is 6.58 Å². The molecule has 1 fully saturated rings. The van der Waals surface area contributed by atoms with E-state index in [1.165, 1.54) is 0 Å². The highest BCUT2D eigenvalue weighted by Gasteiger charge is 2.18. The molecule has 2 N–H and O–H groups in total. The number of aryl methyl sites for hydroxylation is 1. The van der Waals surface area contributed by atoms with Gasteiger partial charge in [0.2, 0.25) is 6.41 Å². The molecule has 27 heavy (non-hydrogen) atoms. The van der Waals surface area contributed by atoms with Crippen LogP contribution in [0.1, 0.15) is 33.1 Å². The van der Waals surface area contributed by atoms with Gasteiger partial charge in [-0.1, -0.05) is 24.3 Å². The predicted octanol–water partition coefficient (Wildman–Crippen LogP) is 2.61. The number of imidazole rings is 1. The minimum absolute atomic E-state index is 0.508. The van der Waals surface area contributed by atoms with Crippen LogP contribution in [0.5, 0.6) is 0 Å². The molecule has 1 unspecified atom stereocenters. The van der Waals surface area contributed by atoms with Crippen LogP contribution in [0.25, 0.3) is 0 Å². The first kappa shape index (κ1) is 22.8. The number of carbonyl (C=O) groups is 1. The van der Waals surface area contributed by atoms with E-state index in [-0.39, 0.29) is 0 Å². The first-order valence-electron chi connectivity index (χ1n) is 9.43. The standard InChI is InChI=1S/C10H18N4O.C10H15NO/c1-10-3-4-12-15-14(10)7-2-6-13-8-5-11-9-13;1-3-5-6-7-10(4-2)8-11-9-12/h5,8-10,12H,2-4,6-7H2,1H3;3-4,6-7,9H,1,5,8H2,2H3,(H,11,12)/b;7-6-,10-4+. The molecule has 1 atom stereocenters. The molecule has 0 saturated carbocycles. The average Bonchev–Trinajstić information content (AvgIpc) is 3.20. The molecule has 2 rings (SSSR count). The van der Waals surface area contributed by atoms with Crippen LogP contribution in [-0.4, -0.2) is 46.7 Å². The van der Waals surface area contributed by atoms with Crippen LogP contribution in [0.2, 0.25) is 0 Å². The topological polar surface area (TPSA) is 71.4 Å². The minimum atomic E-state index is 0.508. The van der Waals surface area contributed by atoms with Crippen LogP contribution in [0.3, 0.4) is 0 Å². The molecule has 0 bridgehead atoms. The van der Waals surface area contributed by atoms with Gasteiger partial charge in [-0.3, -0.25) is 4.79 Å². The maximum absolute atomic E-state index is 9.98. The summed E-state index contributed by atoms with van der Waals surface area (Å²) in [6.45, 7) is 11.2. The molecule has 1 amide bonds. The Hall–Kier alpha value is -2.22. The Balaban J connectivity index is 0.000000279. The van der Waals surface area contributed by atoms with E-state index in [2.05, 4.69) is 33.9 Å². The van der Waals surface area contributed by atoms with Gasteiger partial charge in [0.15, 0.2) is 0 Å². The summed E-state index contributed by atoms with van der Waals surface area (Å²) in [5.74, 6) is 0. The molecule has 150 valence electrons. The average molecular weight is 376 g/mol. The summed E-state index contributed by atoms with van der Waals surface area (Å²) in [5.41, 5.74) is 4.02. The molecular formula is C20H33N5O2. The molecule has 1 aromatic heterocycles. The number of nitrogens with zero attached hydrogens (tertiary/aromatic N) is 3. The van der Waals surface area contributed by atoms with Crippen molar-refractivity contribution in [3.63, 3.8) is 0 Å². The quantitative estimate of drug-likeness (QED) is 0.374. The number of nitrogens with one attached hydrogen (secondary N) is 2. The molecule has 7 heteroatoms. The van der Waals surface area contributed by atoms with Crippen molar-refractivity contribution in [2.45, 2.75) is 45.7 Å². The number of aromatic nitrogens is 2. The minimum Gasteiger partial charge on any atom is -0.355 e. The third-order valence-electron chi connectivity index (χ3n) is 4.09. The van der Waals surface area contributed by atoms with E-state index in [1.54, 1.807) is 0 Å². The summed E-state index contributed by atoms with van der Waals surface area (Å²) in [7, 11) is 0. The highest BCUT2D eigenvalue weighted by molar-refractivity contribution is 5.47. The van der Waals surface area contributed by atoms with Crippen molar-refractivity contribution in [1.29, 1.82) is 0 Å². The Bertz CT molecular complexity index is 569. The Morgan fingerprint density at radius 3 is 2.96 bits per heavy atom. The van der Waals surface area contributed by atoms with E-state index in [0.29, 0.717) is 19.0 Å². The summed E-state index contributed by atoms with van der Waals surface area (Å²) in [6.07, 6.45) is 17.2. The van der Waals surface area contributed by atoms with Gasteiger partial charge < -0.3 is 9.88 Å². The second-order valence-corrected chi connectivity index (χ2v) is 6.21. The molecular weight excluding hydrogens is 342 g/mol. The van der Waals surface area contributed by atoms with Gasteiger partial charge in [-0.25, -0.2) is 9.92 Å². The third kappa shape index (κ3) is 10.5. The van der Waals surface area contributed by atoms with Crippen LogP contribution in [-0.2, 0) is 16.3 Å². The summed E-state index contributed by atoms with van der Waals surface area (Å²) >= 11 is 0. The Morgan fingerprint density at radius 2 is 2.33 bits per heavy atom. The molecule has 2 heterocycles. The van der Waals surface area contributed by atoms with Crippen molar-refractivity contribution >= 4 is 6.41 Å². The Kier molecular flexibility index (Phi) is 12.6. The largest absolute Gasteiger partial charge is 0.355 e. The van der Waals surface area contributed by atoms with Crippen molar-refractivity contribution in [1.82, 2.24) is 25.4 Å². The summed E-state index contributed by atoms with van der Waals surface area (Å²) in [6, 6.07) is 0.508. The van der Waals surface area contributed by atoms with Crippen LogP contribution in [0.15, 0.2) is 55.2 Å². The van der Waals surface area contributed by atoms with Gasteiger partial charge in [-0.2, -0.15) is 10.5 Å². The number of carbonyl (C=O) groups excluding carboxylic acids is 1. The van der Waals surface area contributed by atoms with Gasteiger partial charge in [0.1, 0.15) is 0 Å². The molecule has 1 aliphatic heterocycles. The lowest BCUT2D eigenvalue weighted by Gasteiger charge is -2.31. The maximum Gasteiger partial charge on any atom is 0.207 e. The molecule has 0 radical (unpaired) electrons. The van der Waals surface area contributed by atoms with Gasteiger partial charge in [0.05, 0.1) is 6.33 Å². The van der Waals surface area contributed by atoms with Crippen LogP contribution >= 0.6 is 0 Å². The van der Waals surface area contributed by atoms with Crippen molar-refractivity contribution in [2.24, 2.45) is 0 Å². The first-order valence-corrected chi connectivity index (χ1v) is 9.43. The molecule has 0 spiro atoms. The van der Waals surface area contributed by atoms with E-state index in [0.717, 1.165) is 44.5 Å². The SMILES string of the molecule is C=CC/C=C\C(=C/C)CNC=O.CC1CCNON1CCCn1ccnc1. The zero-order valence-electron chi connectivity index (χ0n) is 16.5. The fourth-order valence-electron chi connectivity index (χ4n) is 2.46. The van der Waals surface area contributed by atoms with E-state index < -0.39 is 0 Å². The normalized spacial score (nSPS) is 18.0. The fraction of sp³-hybridized carbons (Fsp3) is 0.500. The molecule has 0 aromatic carbocycles. The number of hydroxylamine groups is 3. The van der Waals surface area contributed by atoms with Crippen LogP contribution < -0.4 is 10.8 Å². The highest BCUT2D eigenvalue weighted by Crippen LogP contribution is 2.08. The number of hydrogen-bond donors (Lipinski definition) is 2. The van der Waals surface area contributed by atoms with Crippen LogP contribution in [0.4, 0.5) is 0 Å². The van der Waals surface area contributed by atoms with E-state index in [4.69, 9.17) is 4.94 Å². The fourth-order valence-corrected chi connectivity index (χ4v) is 2.46. The second-order valence-electron chi connectivity index (χ2n) is 6.21. The Labute approximate surface area is 162 Å². The van der Waals surface area contributed by atoms with E-state index >= 15 is 0 Å². The predicted molar refractivity (Wildman–Crippen MR) is 108 cm³/mol. The van der Waals surface area contributed by atoms with Gasteiger partial charge in [0.25, 0.3) is 0 Å². The maximum atomic E-state index is 9.98. The molecule has 0 aliphatic carbocycles. The summed E-state index contributed by atoms with van der Waals surface area (Å²) < 4.78 is 2.09.